The Morgan fingerprint density at radius 1 is 1.62 bits per heavy atom. The monoisotopic (exact) mass is 242 g/mol. The van der Waals surface area contributed by atoms with Crippen LogP contribution in [0.3, 0.4) is 0 Å². The Balaban J connectivity index is 2.19. The van der Waals surface area contributed by atoms with E-state index in [1.807, 2.05) is 18.7 Å². The molecule has 92 valence electrons. The maximum Gasteiger partial charge on any atom is 0.113 e. The molecule has 0 saturated carbocycles. The summed E-state index contributed by atoms with van der Waals surface area (Å²) in [6.07, 6.45) is 3.85. The van der Waals surface area contributed by atoms with E-state index in [0.29, 0.717) is 6.10 Å². The lowest BCUT2D eigenvalue weighted by atomic mass is 10.1. The lowest BCUT2D eigenvalue weighted by Crippen LogP contribution is -2.44. The summed E-state index contributed by atoms with van der Waals surface area (Å²) < 4.78 is 5.56. The van der Waals surface area contributed by atoms with Gasteiger partial charge >= 0.3 is 0 Å². The zero-order valence-electron chi connectivity index (χ0n) is 10.3. The van der Waals surface area contributed by atoms with Crippen LogP contribution in [-0.4, -0.2) is 36.3 Å². The normalized spacial score (nSPS) is 23.9. The third kappa shape index (κ3) is 4.73. The standard InChI is InChI=1S/C12H22N2OS/c1-3-6-14-12(2,9-13)10-16-8-11-5-4-7-15-11/h11,14H,3-8,10H2,1-2H3. The predicted octanol–water partition coefficient (Wildman–Crippen LogP) is 2.18. The number of ether oxygens (including phenoxy) is 1. The minimum absolute atomic E-state index is 0.390. The molecule has 4 heteroatoms. The van der Waals surface area contributed by atoms with Crippen LogP contribution in [0.4, 0.5) is 0 Å². The molecule has 1 aliphatic rings. The van der Waals surface area contributed by atoms with Crippen molar-refractivity contribution in [2.45, 2.75) is 44.8 Å². The van der Waals surface area contributed by atoms with Crippen molar-refractivity contribution in [1.82, 2.24) is 5.32 Å². The summed E-state index contributed by atoms with van der Waals surface area (Å²) in [6, 6.07) is 2.37. The Morgan fingerprint density at radius 3 is 3.00 bits per heavy atom. The molecule has 0 aliphatic carbocycles. The number of hydrogen-bond acceptors (Lipinski definition) is 4. The summed E-state index contributed by atoms with van der Waals surface area (Å²) in [7, 11) is 0. The largest absolute Gasteiger partial charge is 0.377 e. The van der Waals surface area contributed by atoms with E-state index < -0.39 is 0 Å². The third-order valence-electron chi connectivity index (χ3n) is 2.73. The molecule has 0 spiro atoms. The van der Waals surface area contributed by atoms with E-state index in [4.69, 9.17) is 10.00 Å². The van der Waals surface area contributed by atoms with Gasteiger partial charge in [-0.05, 0) is 32.7 Å². The number of rotatable bonds is 7. The van der Waals surface area contributed by atoms with Gasteiger partial charge in [0.25, 0.3) is 0 Å². The molecule has 1 rings (SSSR count). The maximum atomic E-state index is 9.15. The molecule has 1 aliphatic heterocycles. The summed E-state index contributed by atoms with van der Waals surface area (Å²) in [4.78, 5) is 0. The van der Waals surface area contributed by atoms with Gasteiger partial charge in [0.15, 0.2) is 0 Å². The van der Waals surface area contributed by atoms with Crippen LogP contribution < -0.4 is 5.32 Å². The van der Waals surface area contributed by atoms with Crippen LogP contribution in [0.5, 0.6) is 0 Å². The van der Waals surface area contributed by atoms with Crippen LogP contribution in [0.25, 0.3) is 0 Å². The predicted molar refractivity (Wildman–Crippen MR) is 68.6 cm³/mol. The summed E-state index contributed by atoms with van der Waals surface area (Å²) in [5, 5.41) is 12.4. The quantitative estimate of drug-likeness (QED) is 0.743. The van der Waals surface area contributed by atoms with Gasteiger partial charge in [-0.3, -0.25) is 5.32 Å². The molecule has 1 saturated heterocycles. The summed E-state index contributed by atoms with van der Waals surface area (Å²) >= 11 is 1.82. The molecule has 1 N–H and O–H groups in total. The number of nitrogens with one attached hydrogen (secondary N) is 1. The molecule has 1 fully saturated rings. The summed E-state index contributed by atoms with van der Waals surface area (Å²) in [5.74, 6) is 1.86. The third-order valence-corrected chi connectivity index (χ3v) is 4.12. The van der Waals surface area contributed by atoms with Crippen LogP contribution >= 0.6 is 11.8 Å². The van der Waals surface area contributed by atoms with E-state index in [-0.39, 0.29) is 5.54 Å². The van der Waals surface area contributed by atoms with E-state index in [0.717, 1.165) is 31.1 Å². The summed E-state index contributed by atoms with van der Waals surface area (Å²) in [6.45, 7) is 5.91. The topological polar surface area (TPSA) is 45.0 Å². The Labute approximate surface area is 103 Å². The van der Waals surface area contributed by atoms with Gasteiger partial charge in [-0.15, -0.1) is 0 Å². The lowest BCUT2D eigenvalue weighted by molar-refractivity contribution is 0.129. The molecule has 0 aromatic carbocycles. The number of hydrogen-bond donors (Lipinski definition) is 1. The van der Waals surface area contributed by atoms with Crippen LogP contribution in [0, 0.1) is 11.3 Å². The van der Waals surface area contributed by atoms with Gasteiger partial charge in [0.05, 0.1) is 12.2 Å². The number of nitriles is 1. The zero-order chi connectivity index (χ0) is 11.9. The second-order valence-electron chi connectivity index (χ2n) is 4.52. The Morgan fingerprint density at radius 2 is 2.44 bits per heavy atom. The molecule has 3 nitrogen and oxygen atoms in total. The SMILES string of the molecule is CCCNC(C)(C#N)CSCC1CCCO1. The van der Waals surface area contributed by atoms with Crippen molar-refractivity contribution in [3.8, 4) is 6.07 Å². The van der Waals surface area contributed by atoms with Crippen LogP contribution in [-0.2, 0) is 4.74 Å². The van der Waals surface area contributed by atoms with Crippen molar-refractivity contribution in [3.63, 3.8) is 0 Å². The highest BCUT2D eigenvalue weighted by Gasteiger charge is 2.24. The highest BCUT2D eigenvalue weighted by Crippen LogP contribution is 2.20. The fourth-order valence-electron chi connectivity index (χ4n) is 1.69. The zero-order valence-corrected chi connectivity index (χ0v) is 11.1. The molecule has 0 aromatic heterocycles. The fraction of sp³-hybridized carbons (Fsp3) is 0.917. The van der Waals surface area contributed by atoms with Gasteiger partial charge in [0.1, 0.15) is 5.54 Å². The molecule has 2 atom stereocenters. The molecule has 0 radical (unpaired) electrons. The smallest absolute Gasteiger partial charge is 0.113 e. The second-order valence-corrected chi connectivity index (χ2v) is 5.55. The van der Waals surface area contributed by atoms with Gasteiger partial charge in [-0.25, -0.2) is 0 Å². The Hall–Kier alpha value is -0.240. The molecule has 16 heavy (non-hydrogen) atoms. The Kier molecular flexibility index (Phi) is 6.18. The first kappa shape index (κ1) is 13.8. The van der Waals surface area contributed by atoms with Gasteiger partial charge in [0, 0.05) is 18.1 Å². The first-order valence-corrected chi connectivity index (χ1v) is 7.21. The Bertz CT molecular complexity index is 236. The van der Waals surface area contributed by atoms with Crippen molar-refractivity contribution < 1.29 is 4.74 Å². The first-order chi connectivity index (χ1) is 7.70. The highest BCUT2D eigenvalue weighted by atomic mass is 32.2. The summed E-state index contributed by atoms with van der Waals surface area (Å²) in [5.41, 5.74) is -0.390. The lowest BCUT2D eigenvalue weighted by Gasteiger charge is -2.23. The van der Waals surface area contributed by atoms with Crippen LogP contribution in [0.2, 0.25) is 0 Å². The van der Waals surface area contributed by atoms with Crippen molar-refractivity contribution in [2.75, 3.05) is 24.7 Å². The molecular formula is C12H22N2OS. The molecule has 1 heterocycles. The van der Waals surface area contributed by atoms with Crippen molar-refractivity contribution in [2.24, 2.45) is 0 Å². The molecule has 0 bridgehead atoms. The van der Waals surface area contributed by atoms with Crippen LogP contribution in [0.1, 0.15) is 33.1 Å². The van der Waals surface area contributed by atoms with Gasteiger partial charge in [0.2, 0.25) is 0 Å². The van der Waals surface area contributed by atoms with Crippen molar-refractivity contribution in [1.29, 1.82) is 5.26 Å². The first-order valence-electron chi connectivity index (χ1n) is 6.06. The van der Waals surface area contributed by atoms with E-state index >= 15 is 0 Å². The molecule has 0 amide bonds. The van der Waals surface area contributed by atoms with E-state index in [2.05, 4.69) is 18.3 Å². The fourth-order valence-corrected chi connectivity index (χ4v) is 2.91. The van der Waals surface area contributed by atoms with Gasteiger partial charge in [-0.2, -0.15) is 17.0 Å². The van der Waals surface area contributed by atoms with Crippen LogP contribution in [0.15, 0.2) is 0 Å². The molecule has 2 unspecified atom stereocenters. The maximum absolute atomic E-state index is 9.15. The minimum Gasteiger partial charge on any atom is -0.377 e. The minimum atomic E-state index is -0.390. The number of thioether (sulfide) groups is 1. The molecule has 0 aromatic rings. The van der Waals surface area contributed by atoms with Crippen molar-refractivity contribution in [3.05, 3.63) is 0 Å². The van der Waals surface area contributed by atoms with E-state index in [9.17, 15) is 0 Å². The highest BCUT2D eigenvalue weighted by molar-refractivity contribution is 7.99. The molecular weight excluding hydrogens is 220 g/mol. The van der Waals surface area contributed by atoms with Gasteiger partial charge < -0.3 is 4.74 Å². The average Bonchev–Trinajstić information content (AvgIpc) is 2.79. The van der Waals surface area contributed by atoms with Gasteiger partial charge in [-0.1, -0.05) is 6.92 Å². The van der Waals surface area contributed by atoms with Crippen molar-refractivity contribution >= 4 is 11.8 Å². The average molecular weight is 242 g/mol. The van der Waals surface area contributed by atoms with E-state index in [1.54, 1.807) is 0 Å². The second kappa shape index (κ2) is 7.16. The number of nitrogens with zero attached hydrogens (tertiary/aromatic N) is 1. The van der Waals surface area contributed by atoms with E-state index in [1.165, 1.54) is 12.8 Å².